The molecule has 5 heteroatoms. The van der Waals surface area contributed by atoms with E-state index in [0.717, 1.165) is 29.7 Å². The second kappa shape index (κ2) is 7.43. The third-order valence-electron chi connectivity index (χ3n) is 3.40. The van der Waals surface area contributed by atoms with E-state index in [1.54, 1.807) is 12.1 Å². The van der Waals surface area contributed by atoms with E-state index in [9.17, 15) is 4.39 Å². The van der Waals surface area contributed by atoms with Crippen LogP contribution in [0.2, 0.25) is 0 Å². The Balaban J connectivity index is 0.00000162. The van der Waals surface area contributed by atoms with Gasteiger partial charge in [-0.1, -0.05) is 15.9 Å². The topological polar surface area (TPSA) is 15.3 Å². The second-order valence-corrected chi connectivity index (χ2v) is 5.43. The SMILES string of the molecule is CNC1CCN(Cc2cc(F)ccc2Br)CC1.Cl. The zero-order valence-corrected chi connectivity index (χ0v) is 12.9. The number of hydrogen-bond acceptors (Lipinski definition) is 2. The highest BCUT2D eigenvalue weighted by Gasteiger charge is 2.18. The summed E-state index contributed by atoms with van der Waals surface area (Å²) in [7, 11) is 2.02. The molecule has 0 unspecified atom stereocenters. The first-order valence-corrected chi connectivity index (χ1v) is 6.82. The number of likely N-dealkylation sites (tertiary alicyclic amines) is 1. The van der Waals surface area contributed by atoms with E-state index in [1.165, 1.54) is 18.9 Å². The highest BCUT2D eigenvalue weighted by Crippen LogP contribution is 2.21. The third-order valence-corrected chi connectivity index (χ3v) is 4.17. The van der Waals surface area contributed by atoms with Crippen molar-refractivity contribution in [3.8, 4) is 0 Å². The Bertz CT molecular complexity index is 381. The van der Waals surface area contributed by atoms with E-state index in [0.29, 0.717) is 6.04 Å². The van der Waals surface area contributed by atoms with Crippen LogP contribution < -0.4 is 5.32 Å². The number of nitrogens with one attached hydrogen (secondary N) is 1. The average Bonchev–Trinajstić information content (AvgIpc) is 2.35. The van der Waals surface area contributed by atoms with E-state index in [1.807, 2.05) is 7.05 Å². The predicted molar refractivity (Wildman–Crippen MR) is 78.7 cm³/mol. The molecule has 102 valence electrons. The molecule has 0 atom stereocenters. The lowest BCUT2D eigenvalue weighted by Crippen LogP contribution is -2.40. The molecule has 0 bridgehead atoms. The maximum atomic E-state index is 13.2. The minimum atomic E-state index is -0.159. The second-order valence-electron chi connectivity index (χ2n) is 4.57. The quantitative estimate of drug-likeness (QED) is 0.911. The normalized spacial score (nSPS) is 17.5. The summed E-state index contributed by atoms with van der Waals surface area (Å²) < 4.78 is 14.2. The van der Waals surface area contributed by atoms with Crippen molar-refractivity contribution in [3.63, 3.8) is 0 Å². The molecule has 0 aliphatic carbocycles. The number of nitrogens with zero attached hydrogens (tertiary/aromatic N) is 1. The van der Waals surface area contributed by atoms with Crippen LogP contribution >= 0.6 is 28.3 Å². The fraction of sp³-hybridized carbons (Fsp3) is 0.538. The van der Waals surface area contributed by atoms with Crippen LogP contribution in [0, 0.1) is 5.82 Å². The monoisotopic (exact) mass is 336 g/mol. The van der Waals surface area contributed by atoms with Gasteiger partial charge in [0.05, 0.1) is 0 Å². The minimum absolute atomic E-state index is 0. The van der Waals surface area contributed by atoms with E-state index in [4.69, 9.17) is 0 Å². The standard InChI is InChI=1S/C13H18BrFN2.ClH/c1-16-12-4-6-17(7-5-12)9-10-8-11(15)2-3-13(10)14;/h2-3,8,12,16H,4-7,9H2,1H3;1H. The Kier molecular flexibility index (Phi) is 6.57. The molecule has 1 aliphatic heterocycles. The van der Waals surface area contributed by atoms with Gasteiger partial charge in [0.2, 0.25) is 0 Å². The summed E-state index contributed by atoms with van der Waals surface area (Å²) in [5.74, 6) is -0.159. The summed E-state index contributed by atoms with van der Waals surface area (Å²) in [6.45, 7) is 2.98. The first-order valence-electron chi connectivity index (χ1n) is 6.02. The van der Waals surface area contributed by atoms with Crippen molar-refractivity contribution < 1.29 is 4.39 Å². The number of benzene rings is 1. The molecule has 0 aromatic heterocycles. The van der Waals surface area contributed by atoms with Crippen molar-refractivity contribution in [1.82, 2.24) is 10.2 Å². The largest absolute Gasteiger partial charge is 0.317 e. The van der Waals surface area contributed by atoms with Crippen LogP contribution in [0.4, 0.5) is 4.39 Å². The van der Waals surface area contributed by atoms with Gasteiger partial charge in [0, 0.05) is 17.1 Å². The van der Waals surface area contributed by atoms with Gasteiger partial charge in [-0.2, -0.15) is 0 Å². The van der Waals surface area contributed by atoms with Gasteiger partial charge in [0.25, 0.3) is 0 Å². The van der Waals surface area contributed by atoms with E-state index < -0.39 is 0 Å². The highest BCUT2D eigenvalue weighted by atomic mass is 79.9. The summed E-state index contributed by atoms with van der Waals surface area (Å²) in [5, 5.41) is 3.31. The minimum Gasteiger partial charge on any atom is -0.317 e. The molecule has 2 nitrogen and oxygen atoms in total. The number of rotatable bonds is 3. The molecule has 1 fully saturated rings. The Hall–Kier alpha value is -0.160. The molecular formula is C13H19BrClFN2. The Labute approximate surface area is 122 Å². The Morgan fingerprint density at radius 2 is 2.06 bits per heavy atom. The highest BCUT2D eigenvalue weighted by molar-refractivity contribution is 9.10. The molecule has 0 radical (unpaired) electrons. The van der Waals surface area contributed by atoms with Crippen LogP contribution in [0.3, 0.4) is 0 Å². The van der Waals surface area contributed by atoms with Gasteiger partial charge in [-0.15, -0.1) is 12.4 Å². The maximum Gasteiger partial charge on any atom is 0.123 e. The molecule has 0 spiro atoms. The fourth-order valence-corrected chi connectivity index (χ4v) is 2.66. The Morgan fingerprint density at radius 1 is 1.39 bits per heavy atom. The molecule has 0 amide bonds. The van der Waals surface area contributed by atoms with Gasteiger partial charge in [-0.25, -0.2) is 4.39 Å². The summed E-state index contributed by atoms with van der Waals surface area (Å²) in [6, 6.07) is 5.53. The smallest absolute Gasteiger partial charge is 0.123 e. The van der Waals surface area contributed by atoms with E-state index in [-0.39, 0.29) is 18.2 Å². The predicted octanol–water partition coefficient (Wildman–Crippen LogP) is 3.19. The summed E-state index contributed by atoms with van der Waals surface area (Å²) in [4.78, 5) is 2.38. The van der Waals surface area contributed by atoms with Crippen molar-refractivity contribution in [2.24, 2.45) is 0 Å². The van der Waals surface area contributed by atoms with Gasteiger partial charge >= 0.3 is 0 Å². The van der Waals surface area contributed by atoms with Crippen molar-refractivity contribution in [2.75, 3.05) is 20.1 Å². The van der Waals surface area contributed by atoms with Crippen molar-refractivity contribution in [3.05, 3.63) is 34.1 Å². The molecule has 0 saturated carbocycles. The van der Waals surface area contributed by atoms with Gasteiger partial charge in [0.1, 0.15) is 5.82 Å². The first-order chi connectivity index (χ1) is 8.19. The first kappa shape index (κ1) is 15.9. The number of halogens is 3. The third kappa shape index (κ3) is 4.19. The molecular weight excluding hydrogens is 319 g/mol. The van der Waals surface area contributed by atoms with Gasteiger partial charge in [-0.05, 0) is 56.7 Å². The molecule has 1 aromatic carbocycles. The van der Waals surface area contributed by atoms with Crippen LogP contribution in [0.5, 0.6) is 0 Å². The van der Waals surface area contributed by atoms with Gasteiger partial charge in [-0.3, -0.25) is 4.90 Å². The van der Waals surface area contributed by atoms with Gasteiger partial charge in [0.15, 0.2) is 0 Å². The van der Waals surface area contributed by atoms with E-state index >= 15 is 0 Å². The number of hydrogen-bond donors (Lipinski definition) is 1. The molecule has 1 N–H and O–H groups in total. The number of piperidine rings is 1. The van der Waals surface area contributed by atoms with Gasteiger partial charge < -0.3 is 5.32 Å². The van der Waals surface area contributed by atoms with Crippen molar-refractivity contribution in [1.29, 1.82) is 0 Å². The molecule has 1 aromatic rings. The average molecular weight is 338 g/mol. The van der Waals surface area contributed by atoms with Crippen LogP contribution in [0.15, 0.2) is 22.7 Å². The zero-order valence-electron chi connectivity index (χ0n) is 10.5. The maximum absolute atomic E-state index is 13.2. The lowest BCUT2D eigenvalue weighted by molar-refractivity contribution is 0.194. The van der Waals surface area contributed by atoms with Crippen LogP contribution in [0.25, 0.3) is 0 Å². The van der Waals surface area contributed by atoms with Crippen molar-refractivity contribution in [2.45, 2.75) is 25.4 Å². The molecule has 1 saturated heterocycles. The van der Waals surface area contributed by atoms with Crippen LogP contribution in [-0.2, 0) is 6.54 Å². The molecule has 1 heterocycles. The lowest BCUT2D eigenvalue weighted by atomic mass is 10.0. The lowest BCUT2D eigenvalue weighted by Gasteiger charge is -2.31. The van der Waals surface area contributed by atoms with E-state index in [2.05, 4.69) is 26.1 Å². The zero-order chi connectivity index (χ0) is 12.3. The molecule has 2 rings (SSSR count). The summed E-state index contributed by atoms with van der Waals surface area (Å²) in [6.07, 6.45) is 2.34. The Morgan fingerprint density at radius 3 is 2.67 bits per heavy atom. The summed E-state index contributed by atoms with van der Waals surface area (Å²) >= 11 is 3.48. The van der Waals surface area contributed by atoms with Crippen LogP contribution in [0.1, 0.15) is 18.4 Å². The fourth-order valence-electron chi connectivity index (χ4n) is 2.29. The van der Waals surface area contributed by atoms with Crippen LogP contribution in [-0.4, -0.2) is 31.1 Å². The summed E-state index contributed by atoms with van der Waals surface area (Å²) in [5.41, 5.74) is 1.04. The molecule has 1 aliphatic rings. The van der Waals surface area contributed by atoms with Crippen molar-refractivity contribution >= 4 is 28.3 Å². The molecule has 18 heavy (non-hydrogen) atoms.